The summed E-state index contributed by atoms with van der Waals surface area (Å²) in [6.45, 7) is 3.48. The van der Waals surface area contributed by atoms with Crippen molar-refractivity contribution >= 4 is 17.6 Å². The number of carbonyl (C=O) groups is 2. The molecule has 0 atom stereocenters. The van der Waals surface area contributed by atoms with Crippen molar-refractivity contribution in [1.29, 1.82) is 0 Å². The van der Waals surface area contributed by atoms with Gasteiger partial charge in [0.2, 0.25) is 0 Å². The number of aryl methyl sites for hydroxylation is 2. The lowest BCUT2D eigenvalue weighted by Crippen LogP contribution is -2.22. The number of ether oxygens (including phenoxy) is 1. The summed E-state index contributed by atoms with van der Waals surface area (Å²) in [5.41, 5.74) is 3.22. The monoisotopic (exact) mass is 315 g/mol. The van der Waals surface area contributed by atoms with Crippen LogP contribution in [0.2, 0.25) is 0 Å². The van der Waals surface area contributed by atoms with E-state index in [-0.39, 0.29) is 13.0 Å². The molecule has 0 unspecified atom stereocenters. The van der Waals surface area contributed by atoms with Crippen LogP contribution in [0.15, 0.2) is 42.5 Å². The van der Waals surface area contributed by atoms with E-state index in [1.165, 1.54) is 18.2 Å². The van der Waals surface area contributed by atoms with Crippen LogP contribution in [0, 0.1) is 19.7 Å². The van der Waals surface area contributed by atoms with E-state index in [9.17, 15) is 14.0 Å². The first-order chi connectivity index (χ1) is 10.9. The van der Waals surface area contributed by atoms with Crippen molar-refractivity contribution in [3.8, 4) is 0 Å². The van der Waals surface area contributed by atoms with Crippen LogP contribution in [-0.2, 0) is 20.7 Å². The molecule has 0 spiro atoms. The fourth-order valence-electron chi connectivity index (χ4n) is 2.15. The highest BCUT2D eigenvalue weighted by Crippen LogP contribution is 2.15. The average molecular weight is 315 g/mol. The lowest BCUT2D eigenvalue weighted by Gasteiger charge is -2.09. The summed E-state index contributed by atoms with van der Waals surface area (Å²) in [5.74, 6) is -1.40. The highest BCUT2D eigenvalue weighted by molar-refractivity contribution is 5.93. The van der Waals surface area contributed by atoms with Gasteiger partial charge in [0.25, 0.3) is 5.91 Å². The third-order valence-corrected chi connectivity index (χ3v) is 3.26. The Morgan fingerprint density at radius 1 is 1.13 bits per heavy atom. The number of rotatable bonds is 5. The molecule has 0 radical (unpaired) electrons. The van der Waals surface area contributed by atoms with Gasteiger partial charge in [-0.3, -0.25) is 9.59 Å². The number of amides is 1. The van der Waals surface area contributed by atoms with Crippen molar-refractivity contribution in [2.75, 3.05) is 11.9 Å². The molecule has 5 heteroatoms. The Bertz CT molecular complexity index is 728. The second-order valence-corrected chi connectivity index (χ2v) is 5.33. The third kappa shape index (κ3) is 5.21. The Morgan fingerprint density at radius 2 is 1.91 bits per heavy atom. The lowest BCUT2D eigenvalue weighted by atomic mass is 10.1. The molecule has 120 valence electrons. The van der Waals surface area contributed by atoms with Gasteiger partial charge < -0.3 is 10.1 Å². The van der Waals surface area contributed by atoms with E-state index >= 15 is 0 Å². The van der Waals surface area contributed by atoms with Crippen LogP contribution in [0.25, 0.3) is 0 Å². The molecule has 2 rings (SSSR count). The number of nitrogens with one attached hydrogen (secondary N) is 1. The van der Waals surface area contributed by atoms with Crippen LogP contribution >= 0.6 is 0 Å². The van der Waals surface area contributed by atoms with E-state index in [0.717, 1.165) is 11.1 Å². The Hall–Kier alpha value is -2.69. The highest BCUT2D eigenvalue weighted by atomic mass is 19.1. The fraction of sp³-hybridized carbons (Fsp3) is 0.222. The van der Waals surface area contributed by atoms with Gasteiger partial charge in [-0.2, -0.15) is 0 Å². The van der Waals surface area contributed by atoms with Crippen LogP contribution in [0.3, 0.4) is 0 Å². The smallest absolute Gasteiger partial charge is 0.310 e. The van der Waals surface area contributed by atoms with E-state index in [4.69, 9.17) is 4.74 Å². The topological polar surface area (TPSA) is 55.4 Å². The van der Waals surface area contributed by atoms with E-state index < -0.39 is 17.7 Å². The molecule has 2 aromatic carbocycles. The van der Waals surface area contributed by atoms with E-state index in [1.807, 2.05) is 26.0 Å². The van der Waals surface area contributed by atoms with E-state index in [0.29, 0.717) is 11.3 Å². The highest BCUT2D eigenvalue weighted by Gasteiger charge is 2.10. The molecular weight excluding hydrogens is 297 g/mol. The Morgan fingerprint density at radius 3 is 2.61 bits per heavy atom. The molecule has 0 saturated heterocycles. The Labute approximate surface area is 134 Å². The standard InChI is InChI=1S/C18H18FNO3/c1-12-6-7-16(13(2)8-12)20-17(21)11-23-18(22)10-14-4-3-5-15(19)9-14/h3-9H,10-11H2,1-2H3,(H,20,21). The zero-order valence-electron chi connectivity index (χ0n) is 13.1. The van der Waals surface area contributed by atoms with Gasteiger partial charge >= 0.3 is 5.97 Å². The first-order valence-corrected chi connectivity index (χ1v) is 7.21. The number of hydrogen-bond acceptors (Lipinski definition) is 3. The summed E-state index contributed by atoms with van der Waals surface area (Å²) >= 11 is 0. The molecule has 4 nitrogen and oxygen atoms in total. The van der Waals surface area contributed by atoms with Gasteiger partial charge in [-0.25, -0.2) is 4.39 Å². The summed E-state index contributed by atoms with van der Waals surface area (Å²) in [6, 6.07) is 11.3. The first kappa shape index (κ1) is 16.7. The van der Waals surface area contributed by atoms with E-state index in [1.54, 1.807) is 12.1 Å². The maximum absolute atomic E-state index is 13.0. The van der Waals surface area contributed by atoms with Crippen LogP contribution in [0.4, 0.5) is 10.1 Å². The molecule has 0 bridgehead atoms. The average Bonchev–Trinajstić information content (AvgIpc) is 2.48. The van der Waals surface area contributed by atoms with Gasteiger partial charge in [0.15, 0.2) is 6.61 Å². The van der Waals surface area contributed by atoms with Gasteiger partial charge in [0.1, 0.15) is 5.82 Å². The Kier molecular flexibility index (Phi) is 5.46. The van der Waals surface area contributed by atoms with Crippen molar-refractivity contribution in [3.05, 3.63) is 65.0 Å². The third-order valence-electron chi connectivity index (χ3n) is 3.26. The number of halogens is 1. The van der Waals surface area contributed by atoms with E-state index in [2.05, 4.69) is 5.32 Å². The van der Waals surface area contributed by atoms with Gasteiger partial charge in [-0.1, -0.05) is 29.8 Å². The van der Waals surface area contributed by atoms with Gasteiger partial charge in [0.05, 0.1) is 6.42 Å². The lowest BCUT2D eigenvalue weighted by molar-refractivity contribution is -0.146. The largest absolute Gasteiger partial charge is 0.455 e. The van der Waals surface area contributed by atoms with Crippen molar-refractivity contribution in [2.45, 2.75) is 20.3 Å². The minimum Gasteiger partial charge on any atom is -0.455 e. The van der Waals surface area contributed by atoms with Crippen LogP contribution in [-0.4, -0.2) is 18.5 Å². The minimum absolute atomic E-state index is 0.0748. The number of benzene rings is 2. The van der Waals surface area contributed by atoms with Crippen LogP contribution in [0.5, 0.6) is 0 Å². The van der Waals surface area contributed by atoms with Crippen molar-refractivity contribution < 1.29 is 18.7 Å². The second-order valence-electron chi connectivity index (χ2n) is 5.33. The number of carbonyl (C=O) groups excluding carboxylic acids is 2. The minimum atomic E-state index is -0.577. The number of hydrogen-bond donors (Lipinski definition) is 1. The zero-order chi connectivity index (χ0) is 16.8. The SMILES string of the molecule is Cc1ccc(NC(=O)COC(=O)Cc2cccc(F)c2)c(C)c1. The molecule has 23 heavy (non-hydrogen) atoms. The van der Waals surface area contributed by atoms with Crippen molar-refractivity contribution in [1.82, 2.24) is 0 Å². The fourth-order valence-corrected chi connectivity index (χ4v) is 2.15. The van der Waals surface area contributed by atoms with Gasteiger partial charge in [-0.15, -0.1) is 0 Å². The normalized spacial score (nSPS) is 10.2. The maximum Gasteiger partial charge on any atom is 0.310 e. The summed E-state index contributed by atoms with van der Waals surface area (Å²) in [5, 5.41) is 2.69. The molecule has 0 aromatic heterocycles. The molecule has 2 aromatic rings. The zero-order valence-corrected chi connectivity index (χ0v) is 13.1. The maximum atomic E-state index is 13.0. The van der Waals surface area contributed by atoms with Crippen LogP contribution < -0.4 is 5.32 Å². The molecule has 0 aliphatic heterocycles. The van der Waals surface area contributed by atoms with Gasteiger partial charge in [0, 0.05) is 5.69 Å². The summed E-state index contributed by atoms with van der Waals surface area (Å²) < 4.78 is 17.9. The first-order valence-electron chi connectivity index (χ1n) is 7.21. The molecule has 1 N–H and O–H groups in total. The molecule has 0 aliphatic carbocycles. The van der Waals surface area contributed by atoms with Gasteiger partial charge in [-0.05, 0) is 43.2 Å². The molecule has 0 fully saturated rings. The quantitative estimate of drug-likeness (QED) is 0.862. The Balaban J connectivity index is 1.83. The van der Waals surface area contributed by atoms with Crippen molar-refractivity contribution in [3.63, 3.8) is 0 Å². The molecular formula is C18H18FNO3. The number of esters is 1. The van der Waals surface area contributed by atoms with Crippen LogP contribution in [0.1, 0.15) is 16.7 Å². The summed E-state index contributed by atoms with van der Waals surface area (Å²) in [4.78, 5) is 23.5. The molecule has 0 aliphatic rings. The molecule has 0 heterocycles. The predicted molar refractivity (Wildman–Crippen MR) is 85.6 cm³/mol. The summed E-state index contributed by atoms with van der Waals surface area (Å²) in [7, 11) is 0. The summed E-state index contributed by atoms with van der Waals surface area (Å²) in [6.07, 6.45) is -0.0748. The number of anilines is 1. The predicted octanol–water partition coefficient (Wildman–Crippen LogP) is 3.17. The molecule has 1 amide bonds. The van der Waals surface area contributed by atoms with Crippen molar-refractivity contribution in [2.24, 2.45) is 0 Å². The second kappa shape index (κ2) is 7.54. The molecule has 0 saturated carbocycles.